The molecule has 86 valence electrons. The van der Waals surface area contributed by atoms with Crippen LogP contribution in [0.1, 0.15) is 34.6 Å². The van der Waals surface area contributed by atoms with Crippen LogP contribution in [-0.4, -0.2) is 47.8 Å². The predicted molar refractivity (Wildman–Crippen MR) is 61.6 cm³/mol. The fourth-order valence-electron chi connectivity index (χ4n) is 1.41. The third-order valence-corrected chi connectivity index (χ3v) is 2.04. The summed E-state index contributed by atoms with van der Waals surface area (Å²) in [6.07, 6.45) is 0. The summed E-state index contributed by atoms with van der Waals surface area (Å²) in [7, 11) is 0. The van der Waals surface area contributed by atoms with Crippen LogP contribution in [0.4, 0.5) is 0 Å². The summed E-state index contributed by atoms with van der Waals surface area (Å²) in [6.45, 7) is 13.8. The number of nitrogens with one attached hydrogen (secondary N) is 1. The number of hydrogen-bond donors (Lipinski definition) is 2. The van der Waals surface area contributed by atoms with Gasteiger partial charge in [-0.3, -0.25) is 4.90 Å². The highest BCUT2D eigenvalue weighted by atomic mass is 16.3. The minimum Gasteiger partial charge on any atom is -0.389 e. The van der Waals surface area contributed by atoms with Crippen LogP contribution < -0.4 is 5.32 Å². The van der Waals surface area contributed by atoms with E-state index in [1.807, 2.05) is 13.8 Å². The van der Waals surface area contributed by atoms with Gasteiger partial charge < -0.3 is 10.4 Å². The van der Waals surface area contributed by atoms with Crippen molar-refractivity contribution >= 4 is 0 Å². The molecule has 0 bridgehead atoms. The number of hydrogen-bond acceptors (Lipinski definition) is 3. The molecule has 0 aromatic rings. The molecule has 0 heterocycles. The second-order valence-corrected chi connectivity index (χ2v) is 4.79. The molecule has 2 N–H and O–H groups in total. The molecule has 3 nitrogen and oxygen atoms in total. The SMILES string of the molecule is CCN(CCNC(C)C)CC(C)(C)O. The van der Waals surface area contributed by atoms with Crippen LogP contribution >= 0.6 is 0 Å². The van der Waals surface area contributed by atoms with Gasteiger partial charge in [0.1, 0.15) is 0 Å². The van der Waals surface area contributed by atoms with Crippen molar-refractivity contribution in [1.29, 1.82) is 0 Å². The largest absolute Gasteiger partial charge is 0.389 e. The number of likely N-dealkylation sites (N-methyl/N-ethyl adjacent to an activating group) is 1. The second-order valence-electron chi connectivity index (χ2n) is 4.79. The topological polar surface area (TPSA) is 35.5 Å². The van der Waals surface area contributed by atoms with Gasteiger partial charge in [-0.25, -0.2) is 0 Å². The lowest BCUT2D eigenvalue weighted by Crippen LogP contribution is -2.42. The Morgan fingerprint density at radius 3 is 2.29 bits per heavy atom. The van der Waals surface area contributed by atoms with E-state index in [1.165, 1.54) is 0 Å². The molecule has 0 aliphatic heterocycles. The lowest BCUT2D eigenvalue weighted by Gasteiger charge is -2.28. The molecular formula is C11H26N2O. The average molecular weight is 202 g/mol. The van der Waals surface area contributed by atoms with Gasteiger partial charge >= 0.3 is 0 Å². The molecule has 0 rings (SSSR count). The molecule has 0 amide bonds. The van der Waals surface area contributed by atoms with E-state index >= 15 is 0 Å². The van der Waals surface area contributed by atoms with E-state index in [2.05, 4.69) is 31.0 Å². The van der Waals surface area contributed by atoms with Gasteiger partial charge in [0.05, 0.1) is 5.60 Å². The van der Waals surface area contributed by atoms with Crippen molar-refractivity contribution in [3.05, 3.63) is 0 Å². The van der Waals surface area contributed by atoms with E-state index in [1.54, 1.807) is 0 Å². The molecule has 0 atom stereocenters. The average Bonchev–Trinajstić information content (AvgIpc) is 1.99. The van der Waals surface area contributed by atoms with Crippen LogP contribution in [0.5, 0.6) is 0 Å². The zero-order valence-electron chi connectivity index (χ0n) is 10.3. The molecule has 14 heavy (non-hydrogen) atoms. The van der Waals surface area contributed by atoms with Crippen molar-refractivity contribution in [3.63, 3.8) is 0 Å². The minimum atomic E-state index is -0.589. The Labute approximate surface area is 88.5 Å². The fourth-order valence-corrected chi connectivity index (χ4v) is 1.41. The van der Waals surface area contributed by atoms with Crippen LogP contribution in [0.2, 0.25) is 0 Å². The molecule has 0 radical (unpaired) electrons. The molecule has 0 saturated carbocycles. The smallest absolute Gasteiger partial charge is 0.0718 e. The van der Waals surface area contributed by atoms with E-state index in [0.717, 1.165) is 26.2 Å². The molecule has 0 fully saturated rings. The van der Waals surface area contributed by atoms with Crippen LogP contribution in [0.25, 0.3) is 0 Å². The van der Waals surface area contributed by atoms with Gasteiger partial charge in [-0.1, -0.05) is 20.8 Å². The van der Waals surface area contributed by atoms with Gasteiger partial charge in [0.25, 0.3) is 0 Å². The van der Waals surface area contributed by atoms with Crippen LogP contribution in [0.3, 0.4) is 0 Å². The quantitative estimate of drug-likeness (QED) is 0.648. The van der Waals surface area contributed by atoms with E-state index in [0.29, 0.717) is 6.04 Å². The maximum atomic E-state index is 9.67. The van der Waals surface area contributed by atoms with E-state index in [9.17, 15) is 5.11 Å². The first kappa shape index (κ1) is 13.9. The lowest BCUT2D eigenvalue weighted by molar-refractivity contribution is 0.0381. The van der Waals surface area contributed by atoms with Gasteiger partial charge in [0.15, 0.2) is 0 Å². The van der Waals surface area contributed by atoms with Crippen molar-refractivity contribution in [1.82, 2.24) is 10.2 Å². The standard InChI is InChI=1S/C11H26N2O/c1-6-13(9-11(4,5)14)8-7-12-10(2)3/h10,12,14H,6-9H2,1-5H3. The van der Waals surface area contributed by atoms with Crippen LogP contribution in [0.15, 0.2) is 0 Å². The molecule has 0 aromatic heterocycles. The predicted octanol–water partition coefficient (Wildman–Crippen LogP) is 1.08. The Morgan fingerprint density at radius 2 is 1.93 bits per heavy atom. The van der Waals surface area contributed by atoms with Crippen LogP contribution in [-0.2, 0) is 0 Å². The summed E-state index contributed by atoms with van der Waals surface area (Å²) in [4.78, 5) is 2.26. The monoisotopic (exact) mass is 202 g/mol. The van der Waals surface area contributed by atoms with E-state index in [-0.39, 0.29) is 0 Å². The number of nitrogens with zero attached hydrogens (tertiary/aromatic N) is 1. The number of rotatable bonds is 7. The molecule has 0 saturated heterocycles. The lowest BCUT2D eigenvalue weighted by atomic mass is 10.1. The summed E-state index contributed by atoms with van der Waals surface area (Å²) < 4.78 is 0. The van der Waals surface area contributed by atoms with Crippen molar-refractivity contribution in [2.45, 2.75) is 46.3 Å². The summed E-state index contributed by atoms with van der Waals surface area (Å²) in [5.74, 6) is 0. The Morgan fingerprint density at radius 1 is 1.36 bits per heavy atom. The highest BCUT2D eigenvalue weighted by molar-refractivity contribution is 4.72. The normalized spacial score (nSPS) is 12.9. The zero-order chi connectivity index (χ0) is 11.2. The van der Waals surface area contributed by atoms with E-state index in [4.69, 9.17) is 0 Å². The zero-order valence-corrected chi connectivity index (χ0v) is 10.3. The summed E-state index contributed by atoms with van der Waals surface area (Å²) in [6, 6.07) is 0.538. The van der Waals surface area contributed by atoms with E-state index < -0.39 is 5.60 Å². The van der Waals surface area contributed by atoms with Crippen molar-refractivity contribution in [2.24, 2.45) is 0 Å². The first-order valence-electron chi connectivity index (χ1n) is 5.53. The molecule has 0 unspecified atom stereocenters. The number of aliphatic hydroxyl groups is 1. The fraction of sp³-hybridized carbons (Fsp3) is 1.00. The minimum absolute atomic E-state index is 0.538. The Balaban J connectivity index is 3.69. The van der Waals surface area contributed by atoms with Gasteiger partial charge in [0, 0.05) is 25.7 Å². The third-order valence-electron chi connectivity index (χ3n) is 2.04. The van der Waals surface area contributed by atoms with Crippen LogP contribution in [0, 0.1) is 0 Å². The maximum absolute atomic E-state index is 9.67. The third kappa shape index (κ3) is 8.48. The summed E-state index contributed by atoms with van der Waals surface area (Å²) >= 11 is 0. The highest BCUT2D eigenvalue weighted by Gasteiger charge is 2.16. The maximum Gasteiger partial charge on any atom is 0.0718 e. The Hall–Kier alpha value is -0.120. The van der Waals surface area contributed by atoms with Crippen molar-refractivity contribution in [3.8, 4) is 0 Å². The molecule has 3 heteroatoms. The Kier molecular flexibility index (Phi) is 6.33. The Bertz CT molecular complexity index is 141. The first-order chi connectivity index (χ1) is 6.35. The van der Waals surface area contributed by atoms with Crippen molar-refractivity contribution < 1.29 is 5.11 Å². The molecular weight excluding hydrogens is 176 g/mol. The first-order valence-corrected chi connectivity index (χ1v) is 5.53. The molecule has 0 aliphatic carbocycles. The second kappa shape index (κ2) is 6.38. The molecule has 0 spiro atoms. The van der Waals surface area contributed by atoms with Gasteiger partial charge in [-0.2, -0.15) is 0 Å². The molecule has 0 aromatic carbocycles. The molecule has 0 aliphatic rings. The summed E-state index contributed by atoms with van der Waals surface area (Å²) in [5.41, 5.74) is -0.589. The highest BCUT2D eigenvalue weighted by Crippen LogP contribution is 2.03. The van der Waals surface area contributed by atoms with Gasteiger partial charge in [-0.05, 0) is 20.4 Å². The van der Waals surface area contributed by atoms with Crippen molar-refractivity contribution in [2.75, 3.05) is 26.2 Å². The van der Waals surface area contributed by atoms with Gasteiger partial charge in [0.2, 0.25) is 0 Å². The van der Waals surface area contributed by atoms with Gasteiger partial charge in [-0.15, -0.1) is 0 Å². The summed E-state index contributed by atoms with van der Waals surface area (Å²) in [5, 5.41) is 13.0.